The molecule has 214 valence electrons. The van der Waals surface area contributed by atoms with Crippen LogP contribution in [0.25, 0.3) is 0 Å². The Kier molecular flexibility index (Phi) is 13.6. The van der Waals surface area contributed by atoms with E-state index in [1.807, 2.05) is 67.6 Å². The highest BCUT2D eigenvalue weighted by Crippen LogP contribution is 2.12. The first-order valence-corrected chi connectivity index (χ1v) is 13.0. The van der Waals surface area contributed by atoms with Crippen molar-refractivity contribution in [3.05, 3.63) is 71.8 Å². The second kappa shape index (κ2) is 16.9. The van der Waals surface area contributed by atoms with Crippen LogP contribution in [0.1, 0.15) is 31.4 Å². The van der Waals surface area contributed by atoms with Crippen LogP contribution in [0.5, 0.6) is 0 Å². The number of nitrogens with zero attached hydrogens (tertiary/aromatic N) is 3. The number of likely N-dealkylation sites (N-methyl/N-ethyl adjacent to an activating group) is 1. The van der Waals surface area contributed by atoms with E-state index in [1.165, 1.54) is 4.90 Å². The van der Waals surface area contributed by atoms with Crippen LogP contribution in [0, 0.1) is 0 Å². The first kappa shape index (κ1) is 31.4. The summed E-state index contributed by atoms with van der Waals surface area (Å²) in [5, 5.41) is 29.6. The molecule has 2 atom stereocenters. The number of amides is 3. The first-order chi connectivity index (χ1) is 18.8. The summed E-state index contributed by atoms with van der Waals surface area (Å²) in [6.45, 7) is 3.84. The van der Waals surface area contributed by atoms with Gasteiger partial charge >= 0.3 is 18.3 Å². The Morgan fingerprint density at radius 2 is 1.13 bits per heavy atom. The summed E-state index contributed by atoms with van der Waals surface area (Å²) in [5.41, 5.74) is 1.80. The van der Waals surface area contributed by atoms with Crippen LogP contribution in [0.15, 0.2) is 60.7 Å². The maximum absolute atomic E-state index is 12.3. The Morgan fingerprint density at radius 1 is 0.692 bits per heavy atom. The zero-order valence-corrected chi connectivity index (χ0v) is 22.5. The van der Waals surface area contributed by atoms with Gasteiger partial charge in [0.1, 0.15) is 0 Å². The highest BCUT2D eigenvalue weighted by Gasteiger charge is 2.31. The van der Waals surface area contributed by atoms with Crippen molar-refractivity contribution in [1.82, 2.24) is 14.7 Å². The van der Waals surface area contributed by atoms with Gasteiger partial charge < -0.3 is 39.5 Å². The molecule has 0 radical (unpaired) electrons. The highest BCUT2D eigenvalue weighted by atomic mass is 16.5. The number of hydrogen-bond donors (Lipinski definition) is 3. The molecule has 2 aromatic rings. The predicted octanol–water partition coefficient (Wildman–Crippen LogP) is 4.53. The molecule has 11 nitrogen and oxygen atoms in total. The van der Waals surface area contributed by atoms with Crippen LogP contribution >= 0.6 is 0 Å². The summed E-state index contributed by atoms with van der Waals surface area (Å²) in [4.78, 5) is 39.6. The van der Waals surface area contributed by atoms with E-state index in [1.54, 1.807) is 6.92 Å². The third-order valence-electron chi connectivity index (χ3n) is 6.15. The first-order valence-electron chi connectivity index (χ1n) is 13.0. The topological polar surface area (TPSA) is 140 Å². The van der Waals surface area contributed by atoms with Crippen LogP contribution < -0.4 is 0 Å². The molecular formula is C28H39N3O8. The molecule has 3 N–H and O–H groups in total. The minimum atomic E-state index is -1.29. The normalized spacial score (nSPS) is 12.4. The van der Waals surface area contributed by atoms with Gasteiger partial charge in [-0.1, -0.05) is 67.6 Å². The standard InChI is InChI=1S/C28H39N3O8/c1-3-15-31(28(36)37)25(21-39-19-23-13-9-6-10-14-23)17-29(26(32)33)16-24(30(4-2)27(34)35)20-38-18-22-11-7-5-8-12-22/h5-14,24-25H,3-4,15-21H2,1-2H3,(H,32,33)(H,34,35)(H,36,37). The van der Waals surface area contributed by atoms with Gasteiger partial charge in [0, 0.05) is 26.2 Å². The smallest absolute Gasteiger partial charge is 0.407 e. The minimum Gasteiger partial charge on any atom is -0.465 e. The number of carbonyl (C=O) groups is 3. The van der Waals surface area contributed by atoms with Gasteiger partial charge in [0.25, 0.3) is 0 Å². The largest absolute Gasteiger partial charge is 0.465 e. The predicted molar refractivity (Wildman–Crippen MR) is 145 cm³/mol. The summed E-state index contributed by atoms with van der Waals surface area (Å²) < 4.78 is 11.6. The van der Waals surface area contributed by atoms with Crippen LogP contribution in [-0.4, -0.2) is 99.8 Å². The molecule has 0 spiro atoms. The summed E-state index contributed by atoms with van der Waals surface area (Å²) in [6, 6.07) is 17.1. The third kappa shape index (κ3) is 10.8. The van der Waals surface area contributed by atoms with Crippen LogP contribution in [0.2, 0.25) is 0 Å². The van der Waals surface area contributed by atoms with Crippen molar-refractivity contribution >= 4 is 18.3 Å². The average Bonchev–Trinajstić information content (AvgIpc) is 2.91. The lowest BCUT2D eigenvalue weighted by Crippen LogP contribution is -2.55. The summed E-state index contributed by atoms with van der Waals surface area (Å²) >= 11 is 0. The zero-order valence-electron chi connectivity index (χ0n) is 22.5. The lowest BCUT2D eigenvalue weighted by atomic mass is 10.2. The molecule has 2 aromatic carbocycles. The zero-order chi connectivity index (χ0) is 28.6. The van der Waals surface area contributed by atoms with Gasteiger partial charge in [-0.2, -0.15) is 0 Å². The van der Waals surface area contributed by atoms with Crippen LogP contribution in [-0.2, 0) is 22.7 Å². The number of carboxylic acid groups (broad SMARTS) is 3. The van der Waals surface area contributed by atoms with Crippen molar-refractivity contribution in [2.75, 3.05) is 39.4 Å². The van der Waals surface area contributed by atoms with E-state index in [0.717, 1.165) is 20.9 Å². The number of hydrogen-bond acceptors (Lipinski definition) is 5. The quantitative estimate of drug-likeness (QED) is 0.263. The van der Waals surface area contributed by atoms with Gasteiger partial charge in [0.2, 0.25) is 0 Å². The van der Waals surface area contributed by atoms with Crippen molar-refractivity contribution in [3.63, 3.8) is 0 Å². The van der Waals surface area contributed by atoms with Crippen molar-refractivity contribution < 1.29 is 39.2 Å². The second-order valence-electron chi connectivity index (χ2n) is 9.04. The Morgan fingerprint density at radius 3 is 1.49 bits per heavy atom. The average molecular weight is 546 g/mol. The minimum absolute atomic E-state index is 0.0312. The van der Waals surface area contributed by atoms with E-state index in [-0.39, 0.29) is 52.6 Å². The molecule has 0 fully saturated rings. The lowest BCUT2D eigenvalue weighted by Gasteiger charge is -2.36. The van der Waals surface area contributed by atoms with Crippen LogP contribution in [0.4, 0.5) is 14.4 Å². The second-order valence-corrected chi connectivity index (χ2v) is 9.04. The molecule has 0 bridgehead atoms. The fourth-order valence-corrected chi connectivity index (χ4v) is 4.22. The summed E-state index contributed by atoms with van der Waals surface area (Å²) in [7, 11) is 0. The monoisotopic (exact) mass is 545 g/mol. The van der Waals surface area contributed by atoms with Gasteiger partial charge in [0.15, 0.2) is 0 Å². The molecule has 0 saturated carbocycles. The maximum Gasteiger partial charge on any atom is 0.407 e. The van der Waals surface area contributed by atoms with Gasteiger partial charge in [0.05, 0.1) is 38.5 Å². The van der Waals surface area contributed by atoms with E-state index in [9.17, 15) is 29.7 Å². The molecule has 2 unspecified atom stereocenters. The summed E-state index contributed by atoms with van der Waals surface area (Å²) in [5.74, 6) is 0. The Hall–Kier alpha value is -3.83. The van der Waals surface area contributed by atoms with E-state index >= 15 is 0 Å². The number of ether oxygens (including phenoxy) is 2. The molecule has 0 heterocycles. The molecular weight excluding hydrogens is 506 g/mol. The van der Waals surface area contributed by atoms with E-state index in [0.29, 0.717) is 6.42 Å². The lowest BCUT2D eigenvalue weighted by molar-refractivity contribution is 0.0169. The van der Waals surface area contributed by atoms with Crippen molar-refractivity contribution in [2.45, 2.75) is 45.6 Å². The van der Waals surface area contributed by atoms with Gasteiger partial charge in [-0.25, -0.2) is 14.4 Å². The fourth-order valence-electron chi connectivity index (χ4n) is 4.22. The van der Waals surface area contributed by atoms with Crippen molar-refractivity contribution in [2.24, 2.45) is 0 Å². The number of rotatable bonds is 17. The molecule has 3 amide bonds. The molecule has 11 heteroatoms. The molecule has 39 heavy (non-hydrogen) atoms. The van der Waals surface area contributed by atoms with E-state index in [2.05, 4.69) is 0 Å². The third-order valence-corrected chi connectivity index (χ3v) is 6.15. The maximum atomic E-state index is 12.3. The van der Waals surface area contributed by atoms with Gasteiger partial charge in [-0.05, 0) is 24.5 Å². The van der Waals surface area contributed by atoms with Gasteiger partial charge in [-0.15, -0.1) is 0 Å². The van der Waals surface area contributed by atoms with E-state index in [4.69, 9.17) is 9.47 Å². The van der Waals surface area contributed by atoms with Crippen molar-refractivity contribution in [1.29, 1.82) is 0 Å². The summed E-state index contributed by atoms with van der Waals surface area (Å²) in [6.07, 6.45) is -3.14. The fraction of sp³-hybridized carbons (Fsp3) is 0.464. The van der Waals surface area contributed by atoms with Gasteiger partial charge in [-0.3, -0.25) is 0 Å². The molecule has 0 aliphatic rings. The molecule has 2 rings (SSSR count). The van der Waals surface area contributed by atoms with Crippen LogP contribution in [0.3, 0.4) is 0 Å². The van der Waals surface area contributed by atoms with E-state index < -0.39 is 30.4 Å². The Balaban J connectivity index is 2.19. The number of benzene rings is 2. The molecule has 0 aliphatic heterocycles. The highest BCUT2D eigenvalue weighted by molar-refractivity contribution is 5.68. The van der Waals surface area contributed by atoms with Crippen molar-refractivity contribution in [3.8, 4) is 0 Å². The Bertz CT molecular complexity index is 1010. The SMILES string of the molecule is CCCN(C(=O)O)C(COCc1ccccc1)CN(CC(COCc1ccccc1)N(CC)C(=O)O)C(=O)O. The molecule has 0 saturated heterocycles. The Labute approximate surface area is 229 Å². The molecule has 0 aliphatic carbocycles. The molecule has 0 aromatic heterocycles.